The van der Waals surface area contributed by atoms with E-state index in [1.165, 1.54) is 4.90 Å². The zero-order chi connectivity index (χ0) is 19.5. The van der Waals surface area contributed by atoms with E-state index < -0.39 is 6.09 Å². The second-order valence-electron chi connectivity index (χ2n) is 7.14. The van der Waals surface area contributed by atoms with E-state index in [9.17, 15) is 9.59 Å². The van der Waals surface area contributed by atoms with Crippen LogP contribution in [0.2, 0.25) is 0 Å². The Hall–Kier alpha value is -3.09. The van der Waals surface area contributed by atoms with Gasteiger partial charge in [-0.15, -0.1) is 0 Å². The Morgan fingerprint density at radius 2 is 1.82 bits per heavy atom. The second-order valence-corrected chi connectivity index (χ2v) is 7.14. The molecule has 0 radical (unpaired) electrons. The number of hydrogen-bond donors (Lipinski definition) is 0. The third-order valence-electron chi connectivity index (χ3n) is 5.30. The normalized spacial score (nSPS) is 19.7. The lowest BCUT2D eigenvalue weighted by Crippen LogP contribution is -2.51. The summed E-state index contributed by atoms with van der Waals surface area (Å²) >= 11 is 0. The van der Waals surface area contributed by atoms with Gasteiger partial charge < -0.3 is 14.5 Å². The number of anilines is 1. The number of carbonyl (C=O) groups excluding carboxylic acids is 2. The molecular weight excluding hydrogens is 356 g/mol. The van der Waals surface area contributed by atoms with Crippen LogP contribution in [0.5, 0.6) is 0 Å². The van der Waals surface area contributed by atoms with Crippen molar-refractivity contribution in [3.05, 3.63) is 59.8 Å². The van der Waals surface area contributed by atoms with Gasteiger partial charge in [-0.25, -0.2) is 9.78 Å². The molecule has 1 aromatic heterocycles. The van der Waals surface area contributed by atoms with Crippen LogP contribution >= 0.6 is 0 Å². The van der Waals surface area contributed by atoms with E-state index in [2.05, 4.69) is 9.88 Å². The van der Waals surface area contributed by atoms with Crippen LogP contribution in [0.25, 0.3) is 0 Å². The highest BCUT2D eigenvalue weighted by Gasteiger charge is 2.36. The van der Waals surface area contributed by atoms with Gasteiger partial charge in [0.2, 0.25) is 5.91 Å². The Kier molecular flexibility index (Phi) is 5.14. The number of cyclic esters (lactones) is 1. The number of pyridine rings is 1. The Morgan fingerprint density at radius 1 is 1.07 bits per heavy atom. The van der Waals surface area contributed by atoms with Crippen molar-refractivity contribution in [1.82, 2.24) is 14.8 Å². The van der Waals surface area contributed by atoms with E-state index in [-0.39, 0.29) is 25.1 Å². The Bertz CT molecular complexity index is 850. The van der Waals surface area contributed by atoms with Crippen molar-refractivity contribution in [2.75, 3.05) is 44.2 Å². The number of hydrogen-bond acceptors (Lipinski definition) is 5. The first-order valence-electron chi connectivity index (χ1n) is 9.56. The summed E-state index contributed by atoms with van der Waals surface area (Å²) in [5.74, 6) is 0.899. The molecule has 7 heteroatoms. The maximum Gasteiger partial charge on any atom is 0.410 e. The lowest BCUT2D eigenvalue weighted by Gasteiger charge is -2.36. The highest BCUT2D eigenvalue weighted by atomic mass is 16.6. The third kappa shape index (κ3) is 3.78. The number of nitrogens with zero attached hydrogens (tertiary/aromatic N) is 4. The van der Waals surface area contributed by atoms with Crippen molar-refractivity contribution in [2.45, 2.75) is 13.0 Å². The van der Waals surface area contributed by atoms with Crippen molar-refractivity contribution in [2.24, 2.45) is 0 Å². The highest BCUT2D eigenvalue weighted by Crippen LogP contribution is 2.27. The number of rotatable bonds is 4. The number of piperazine rings is 1. The molecule has 2 aliphatic rings. The Morgan fingerprint density at radius 3 is 2.54 bits per heavy atom. The number of aryl methyl sites for hydroxylation is 1. The van der Waals surface area contributed by atoms with Crippen LogP contribution in [-0.2, 0) is 9.53 Å². The summed E-state index contributed by atoms with van der Waals surface area (Å²) in [6.45, 7) is 5.00. The molecule has 0 unspecified atom stereocenters. The van der Waals surface area contributed by atoms with Gasteiger partial charge in [-0.3, -0.25) is 9.69 Å². The fraction of sp³-hybridized carbons (Fsp3) is 0.381. The number of aromatic nitrogens is 1. The van der Waals surface area contributed by atoms with Crippen LogP contribution in [0.3, 0.4) is 0 Å². The molecule has 3 heterocycles. The van der Waals surface area contributed by atoms with Gasteiger partial charge in [-0.05, 0) is 24.6 Å². The summed E-state index contributed by atoms with van der Waals surface area (Å²) < 4.78 is 5.21. The second kappa shape index (κ2) is 7.88. The molecule has 1 aromatic carbocycles. The SMILES string of the molecule is Cc1cccc(N2CCN(C(=O)CN3C(=O)OC[C@@H]3c3ccccc3)CC2)n1. The Balaban J connectivity index is 1.37. The number of carbonyl (C=O) groups is 2. The molecule has 2 aliphatic heterocycles. The molecule has 1 atom stereocenters. The fourth-order valence-electron chi connectivity index (χ4n) is 3.71. The lowest BCUT2D eigenvalue weighted by molar-refractivity contribution is -0.132. The maximum absolute atomic E-state index is 12.8. The van der Waals surface area contributed by atoms with Gasteiger partial charge in [0.05, 0.1) is 6.04 Å². The van der Waals surface area contributed by atoms with E-state index in [1.807, 2.05) is 60.4 Å². The molecule has 2 fully saturated rings. The van der Waals surface area contributed by atoms with Crippen LogP contribution in [0.15, 0.2) is 48.5 Å². The van der Waals surface area contributed by atoms with Crippen LogP contribution in [0.1, 0.15) is 17.3 Å². The summed E-state index contributed by atoms with van der Waals surface area (Å²) in [6.07, 6.45) is -0.426. The first kappa shape index (κ1) is 18.3. The predicted molar refractivity (Wildman–Crippen MR) is 105 cm³/mol. The summed E-state index contributed by atoms with van der Waals surface area (Å²) in [7, 11) is 0. The van der Waals surface area contributed by atoms with Gasteiger partial charge in [0, 0.05) is 31.9 Å². The van der Waals surface area contributed by atoms with E-state index >= 15 is 0 Å². The predicted octanol–water partition coefficient (Wildman–Crippen LogP) is 2.23. The average Bonchev–Trinajstić information content (AvgIpc) is 3.09. The van der Waals surface area contributed by atoms with Gasteiger partial charge in [0.25, 0.3) is 0 Å². The van der Waals surface area contributed by atoms with Crippen molar-refractivity contribution in [3.8, 4) is 0 Å². The van der Waals surface area contributed by atoms with Crippen molar-refractivity contribution in [1.29, 1.82) is 0 Å². The zero-order valence-corrected chi connectivity index (χ0v) is 16.0. The third-order valence-corrected chi connectivity index (χ3v) is 5.30. The smallest absolute Gasteiger partial charge is 0.410 e. The van der Waals surface area contributed by atoms with E-state index in [0.29, 0.717) is 13.1 Å². The van der Waals surface area contributed by atoms with Gasteiger partial charge in [0.1, 0.15) is 19.0 Å². The minimum Gasteiger partial charge on any atom is -0.447 e. The standard InChI is InChI=1S/C21H24N4O3/c1-16-6-5-9-19(22-16)23-10-12-24(13-11-23)20(26)14-25-18(15-28-21(25)27)17-7-3-2-4-8-17/h2-9,18H,10-15H2,1H3/t18-/m1/s1. The van der Waals surface area contributed by atoms with Gasteiger partial charge in [-0.1, -0.05) is 36.4 Å². The maximum atomic E-state index is 12.8. The van der Waals surface area contributed by atoms with E-state index in [0.717, 1.165) is 30.2 Å². The summed E-state index contributed by atoms with van der Waals surface area (Å²) in [5.41, 5.74) is 1.96. The van der Waals surface area contributed by atoms with Crippen LogP contribution in [0.4, 0.5) is 10.6 Å². The minimum absolute atomic E-state index is 0.0427. The molecule has 4 rings (SSSR count). The summed E-state index contributed by atoms with van der Waals surface area (Å²) in [5, 5.41) is 0. The topological polar surface area (TPSA) is 66.0 Å². The summed E-state index contributed by atoms with van der Waals surface area (Å²) in [4.78, 5) is 35.1. The molecule has 7 nitrogen and oxygen atoms in total. The zero-order valence-electron chi connectivity index (χ0n) is 16.0. The molecular formula is C21H24N4O3. The number of benzene rings is 1. The monoisotopic (exact) mass is 380 g/mol. The fourth-order valence-corrected chi connectivity index (χ4v) is 3.71. The highest BCUT2D eigenvalue weighted by molar-refractivity contribution is 5.83. The summed E-state index contributed by atoms with van der Waals surface area (Å²) in [6, 6.07) is 15.5. The lowest BCUT2D eigenvalue weighted by atomic mass is 10.1. The van der Waals surface area contributed by atoms with Crippen molar-refractivity contribution in [3.63, 3.8) is 0 Å². The molecule has 0 aliphatic carbocycles. The largest absolute Gasteiger partial charge is 0.447 e. The molecule has 2 aromatic rings. The average molecular weight is 380 g/mol. The van der Waals surface area contributed by atoms with Gasteiger partial charge in [0.15, 0.2) is 0 Å². The van der Waals surface area contributed by atoms with Crippen LogP contribution < -0.4 is 4.90 Å². The quantitative estimate of drug-likeness (QED) is 0.814. The molecule has 28 heavy (non-hydrogen) atoms. The molecule has 146 valence electrons. The van der Waals surface area contributed by atoms with E-state index in [1.54, 1.807) is 0 Å². The van der Waals surface area contributed by atoms with Crippen molar-refractivity contribution >= 4 is 17.8 Å². The minimum atomic E-state index is -0.426. The Labute approximate surface area is 164 Å². The molecule has 2 amide bonds. The van der Waals surface area contributed by atoms with E-state index in [4.69, 9.17) is 4.74 Å². The van der Waals surface area contributed by atoms with Crippen LogP contribution in [0, 0.1) is 6.92 Å². The van der Waals surface area contributed by atoms with Gasteiger partial charge >= 0.3 is 6.09 Å². The molecule has 0 bridgehead atoms. The number of ether oxygens (including phenoxy) is 1. The molecule has 0 saturated carbocycles. The molecule has 0 spiro atoms. The van der Waals surface area contributed by atoms with Crippen LogP contribution in [-0.4, -0.2) is 66.1 Å². The first-order valence-corrected chi connectivity index (χ1v) is 9.56. The molecule has 2 saturated heterocycles. The van der Waals surface area contributed by atoms with Gasteiger partial charge in [-0.2, -0.15) is 0 Å². The van der Waals surface area contributed by atoms with Crippen molar-refractivity contribution < 1.29 is 14.3 Å². The first-order chi connectivity index (χ1) is 13.6. The molecule has 0 N–H and O–H groups in total. The number of amides is 2.